The van der Waals surface area contributed by atoms with E-state index in [9.17, 15) is 9.90 Å². The van der Waals surface area contributed by atoms with Gasteiger partial charge in [0.25, 0.3) is 0 Å². The Morgan fingerprint density at radius 2 is 1.56 bits per heavy atom. The number of rotatable bonds is 3. The number of benzene rings is 2. The lowest BCUT2D eigenvalue weighted by Crippen LogP contribution is -2.32. The lowest BCUT2D eigenvalue weighted by Gasteiger charge is -2.19. The molecule has 0 saturated carbocycles. The van der Waals surface area contributed by atoms with Gasteiger partial charge in [0, 0.05) is 13.1 Å². The number of hydrogen-bond acceptors (Lipinski definition) is 5. The summed E-state index contributed by atoms with van der Waals surface area (Å²) in [4.78, 5) is 11.3. The Balaban J connectivity index is 0.000000293. The number of carbonyl (C=O) groups excluding carboxylic acids is 1. The molecule has 0 fully saturated rings. The second-order valence-electron chi connectivity index (χ2n) is 6.40. The SMILES string of the molecule is CC(C)(C)OC(=O)NCc1cccc(O)c1.NCc1cccc(O)c1. The zero-order valence-electron chi connectivity index (χ0n) is 14.8. The second-order valence-corrected chi connectivity index (χ2v) is 6.40. The molecule has 0 aliphatic rings. The fraction of sp³-hybridized carbons (Fsp3) is 0.316. The predicted molar refractivity (Wildman–Crippen MR) is 97.2 cm³/mol. The first-order valence-corrected chi connectivity index (χ1v) is 7.92. The summed E-state index contributed by atoms with van der Waals surface area (Å²) in [6.07, 6.45) is -0.462. The van der Waals surface area contributed by atoms with Crippen LogP contribution in [0, 0.1) is 0 Å². The van der Waals surface area contributed by atoms with E-state index in [0.717, 1.165) is 11.1 Å². The topological polar surface area (TPSA) is 105 Å². The molecule has 2 rings (SSSR count). The quantitative estimate of drug-likeness (QED) is 0.683. The number of phenolic OH excluding ortho intramolecular Hbond substituents is 2. The van der Waals surface area contributed by atoms with Crippen LogP contribution in [0.2, 0.25) is 0 Å². The van der Waals surface area contributed by atoms with E-state index in [4.69, 9.17) is 15.6 Å². The summed E-state index contributed by atoms with van der Waals surface area (Å²) in [5.74, 6) is 0.460. The van der Waals surface area contributed by atoms with Crippen molar-refractivity contribution in [1.82, 2.24) is 5.32 Å². The van der Waals surface area contributed by atoms with Crippen LogP contribution in [0.25, 0.3) is 0 Å². The van der Waals surface area contributed by atoms with Crippen LogP contribution >= 0.6 is 0 Å². The maximum absolute atomic E-state index is 11.3. The molecular formula is C19H26N2O4. The summed E-state index contributed by atoms with van der Waals surface area (Å²) in [5, 5.41) is 20.7. The third-order valence-electron chi connectivity index (χ3n) is 2.89. The summed E-state index contributed by atoms with van der Waals surface area (Å²) in [6.45, 7) is 6.24. The van der Waals surface area contributed by atoms with Crippen molar-refractivity contribution < 1.29 is 19.7 Å². The van der Waals surface area contributed by atoms with Crippen molar-refractivity contribution in [3.05, 3.63) is 59.7 Å². The molecule has 0 aliphatic carbocycles. The van der Waals surface area contributed by atoms with Gasteiger partial charge in [0.05, 0.1) is 0 Å². The largest absolute Gasteiger partial charge is 0.508 e. The normalized spacial score (nSPS) is 10.4. The maximum Gasteiger partial charge on any atom is 0.407 e. The molecule has 0 bridgehead atoms. The lowest BCUT2D eigenvalue weighted by atomic mass is 10.2. The molecule has 0 radical (unpaired) electrons. The van der Waals surface area contributed by atoms with Crippen LogP contribution in [0.3, 0.4) is 0 Å². The molecular weight excluding hydrogens is 320 g/mol. The fourth-order valence-electron chi connectivity index (χ4n) is 1.84. The number of carbonyl (C=O) groups is 1. The minimum absolute atomic E-state index is 0.184. The number of aromatic hydroxyl groups is 2. The first kappa shape index (κ1) is 20.3. The highest BCUT2D eigenvalue weighted by Crippen LogP contribution is 2.11. The minimum atomic E-state index is -0.497. The first-order chi connectivity index (χ1) is 11.7. The van der Waals surface area contributed by atoms with Crippen molar-refractivity contribution in [3.63, 3.8) is 0 Å². The van der Waals surface area contributed by atoms with E-state index in [-0.39, 0.29) is 11.5 Å². The monoisotopic (exact) mass is 346 g/mol. The molecule has 0 aromatic heterocycles. The molecule has 0 atom stereocenters. The zero-order chi connectivity index (χ0) is 18.9. The molecule has 0 saturated heterocycles. The summed E-state index contributed by atoms with van der Waals surface area (Å²) in [5.41, 5.74) is 6.59. The fourth-order valence-corrected chi connectivity index (χ4v) is 1.84. The Kier molecular flexibility index (Phi) is 7.75. The van der Waals surface area contributed by atoms with Gasteiger partial charge in [-0.3, -0.25) is 0 Å². The molecule has 2 aromatic carbocycles. The molecule has 25 heavy (non-hydrogen) atoms. The van der Waals surface area contributed by atoms with E-state index in [1.807, 2.05) is 12.1 Å². The van der Waals surface area contributed by atoms with Gasteiger partial charge in [-0.1, -0.05) is 24.3 Å². The number of ether oxygens (including phenoxy) is 1. The van der Waals surface area contributed by atoms with Crippen molar-refractivity contribution in [1.29, 1.82) is 0 Å². The Hall–Kier alpha value is -2.73. The third kappa shape index (κ3) is 9.22. The molecule has 6 nitrogen and oxygen atoms in total. The van der Waals surface area contributed by atoms with Crippen molar-refractivity contribution >= 4 is 6.09 Å². The van der Waals surface area contributed by atoms with E-state index in [0.29, 0.717) is 13.1 Å². The van der Waals surface area contributed by atoms with Gasteiger partial charge < -0.3 is 26.0 Å². The van der Waals surface area contributed by atoms with Crippen LogP contribution in [0.5, 0.6) is 11.5 Å². The summed E-state index contributed by atoms with van der Waals surface area (Å²) >= 11 is 0. The van der Waals surface area contributed by atoms with Gasteiger partial charge in [0.15, 0.2) is 0 Å². The molecule has 1 amide bonds. The Morgan fingerprint density at radius 1 is 1.04 bits per heavy atom. The van der Waals surface area contributed by atoms with Gasteiger partial charge in [0.1, 0.15) is 17.1 Å². The predicted octanol–water partition coefficient (Wildman–Crippen LogP) is 3.27. The van der Waals surface area contributed by atoms with Crippen LogP contribution in [0.1, 0.15) is 31.9 Å². The molecule has 5 N–H and O–H groups in total. The molecule has 0 spiro atoms. The summed E-state index contributed by atoms with van der Waals surface area (Å²) in [6, 6.07) is 13.6. The van der Waals surface area contributed by atoms with Gasteiger partial charge in [0.2, 0.25) is 0 Å². The minimum Gasteiger partial charge on any atom is -0.508 e. The van der Waals surface area contributed by atoms with Crippen LogP contribution in [0.15, 0.2) is 48.5 Å². The first-order valence-electron chi connectivity index (χ1n) is 7.92. The van der Waals surface area contributed by atoms with E-state index in [2.05, 4.69) is 5.32 Å². The molecule has 136 valence electrons. The number of hydrogen-bond donors (Lipinski definition) is 4. The summed E-state index contributed by atoms with van der Waals surface area (Å²) < 4.78 is 5.08. The second kappa shape index (κ2) is 9.54. The van der Waals surface area contributed by atoms with Gasteiger partial charge in [-0.05, 0) is 56.2 Å². The number of nitrogens with two attached hydrogens (primary N) is 1. The smallest absolute Gasteiger partial charge is 0.407 e. The van der Waals surface area contributed by atoms with Crippen LogP contribution in [-0.2, 0) is 17.8 Å². The van der Waals surface area contributed by atoms with Crippen LogP contribution in [-0.4, -0.2) is 21.9 Å². The number of nitrogens with one attached hydrogen (secondary N) is 1. The van der Waals surface area contributed by atoms with E-state index < -0.39 is 11.7 Å². The Bertz CT molecular complexity index is 681. The van der Waals surface area contributed by atoms with Crippen molar-refractivity contribution in [2.24, 2.45) is 5.73 Å². The van der Waals surface area contributed by atoms with Gasteiger partial charge in [-0.2, -0.15) is 0 Å². The van der Waals surface area contributed by atoms with E-state index in [1.54, 1.807) is 57.2 Å². The van der Waals surface area contributed by atoms with Crippen LogP contribution < -0.4 is 11.1 Å². The maximum atomic E-state index is 11.3. The Labute approximate surface area is 148 Å². The molecule has 0 aliphatic heterocycles. The standard InChI is InChI=1S/C12H17NO3.C7H9NO/c1-12(2,3)16-11(15)13-8-9-5-4-6-10(14)7-9;8-5-6-2-1-3-7(9)4-6/h4-7,14H,8H2,1-3H3,(H,13,15);1-4,9H,5,8H2. The molecule has 0 unspecified atom stereocenters. The number of alkyl carbamates (subject to hydrolysis) is 1. The lowest BCUT2D eigenvalue weighted by molar-refractivity contribution is 0.0523. The third-order valence-corrected chi connectivity index (χ3v) is 2.89. The van der Waals surface area contributed by atoms with Crippen LogP contribution in [0.4, 0.5) is 4.79 Å². The molecule has 2 aromatic rings. The summed E-state index contributed by atoms with van der Waals surface area (Å²) in [7, 11) is 0. The van der Waals surface area contributed by atoms with Gasteiger partial charge >= 0.3 is 6.09 Å². The highest BCUT2D eigenvalue weighted by Gasteiger charge is 2.15. The van der Waals surface area contributed by atoms with Crippen molar-refractivity contribution in [2.45, 2.75) is 39.5 Å². The van der Waals surface area contributed by atoms with Gasteiger partial charge in [-0.15, -0.1) is 0 Å². The highest BCUT2D eigenvalue weighted by atomic mass is 16.6. The van der Waals surface area contributed by atoms with E-state index >= 15 is 0 Å². The van der Waals surface area contributed by atoms with E-state index in [1.165, 1.54) is 0 Å². The molecule has 0 heterocycles. The average Bonchev–Trinajstić information content (AvgIpc) is 2.52. The van der Waals surface area contributed by atoms with Crippen molar-refractivity contribution in [2.75, 3.05) is 0 Å². The van der Waals surface area contributed by atoms with Gasteiger partial charge in [-0.25, -0.2) is 4.79 Å². The van der Waals surface area contributed by atoms with Crippen molar-refractivity contribution in [3.8, 4) is 11.5 Å². The zero-order valence-corrected chi connectivity index (χ0v) is 14.8. The number of phenols is 2. The molecule has 6 heteroatoms. The number of amides is 1. The Morgan fingerprint density at radius 3 is 2.00 bits per heavy atom. The highest BCUT2D eigenvalue weighted by molar-refractivity contribution is 5.67. The average molecular weight is 346 g/mol.